The van der Waals surface area contributed by atoms with Gasteiger partial charge in [-0.25, -0.2) is 4.98 Å². The van der Waals surface area contributed by atoms with Crippen molar-refractivity contribution in [3.05, 3.63) is 78.9 Å². The third kappa shape index (κ3) is 3.46. The highest BCUT2D eigenvalue weighted by Gasteiger charge is 2.25. The zero-order valence-corrected chi connectivity index (χ0v) is 14.4. The molecule has 4 aromatic rings. The second-order valence-electron chi connectivity index (χ2n) is 6.10. The lowest BCUT2D eigenvalue weighted by Gasteiger charge is -2.13. The van der Waals surface area contributed by atoms with E-state index in [1.54, 1.807) is 12.4 Å². The van der Waals surface area contributed by atoms with Crippen molar-refractivity contribution in [3.63, 3.8) is 0 Å². The first-order valence-electron chi connectivity index (χ1n) is 8.34. The molecule has 27 heavy (non-hydrogen) atoms. The smallest absolute Gasteiger partial charge is 0.286 e. The monoisotopic (exact) mass is 363 g/mol. The van der Waals surface area contributed by atoms with Crippen LogP contribution in [0.5, 0.6) is 11.6 Å². The van der Waals surface area contributed by atoms with Crippen molar-refractivity contribution in [3.8, 4) is 22.8 Å². The molecule has 1 aromatic carbocycles. The van der Waals surface area contributed by atoms with E-state index >= 15 is 0 Å². The van der Waals surface area contributed by atoms with Crippen LogP contribution >= 0.6 is 0 Å². The molecule has 134 valence electrons. The number of fused-ring (bicyclic) bond motifs is 1. The molecule has 0 radical (unpaired) electrons. The molecule has 0 aliphatic rings. The van der Waals surface area contributed by atoms with Gasteiger partial charge in [0.15, 0.2) is 0 Å². The van der Waals surface area contributed by atoms with Gasteiger partial charge in [-0.15, -0.1) is 0 Å². The van der Waals surface area contributed by atoms with E-state index in [1.807, 2.05) is 42.5 Å². The molecule has 0 saturated heterocycles. The molecule has 0 unspecified atom stereocenters. The first-order valence-corrected chi connectivity index (χ1v) is 8.34. The van der Waals surface area contributed by atoms with E-state index in [9.17, 15) is 8.78 Å². The first-order chi connectivity index (χ1) is 13.0. The number of aromatic nitrogens is 3. The molecule has 0 bridgehead atoms. The summed E-state index contributed by atoms with van der Waals surface area (Å²) < 4.78 is 32.5. The summed E-state index contributed by atoms with van der Waals surface area (Å²) in [6.07, 6.45) is 4.62. The van der Waals surface area contributed by atoms with Crippen molar-refractivity contribution in [1.29, 1.82) is 0 Å². The van der Waals surface area contributed by atoms with Crippen molar-refractivity contribution in [2.75, 3.05) is 0 Å². The minimum atomic E-state index is -3.00. The molecule has 4 nitrogen and oxygen atoms in total. The standard InChI is InChI=1S/C21H15F2N3O/c1-21(22,23)19-9-8-14(13-26-19)27-20-17(6-4-11-25-20)15-10-12-24-18-7-3-2-5-16(15)18/h2-13H,1H3. The van der Waals surface area contributed by atoms with Crippen LogP contribution in [0.3, 0.4) is 0 Å². The van der Waals surface area contributed by atoms with Crippen LogP contribution in [-0.2, 0) is 5.92 Å². The van der Waals surface area contributed by atoms with Gasteiger partial charge in [-0.05, 0) is 42.0 Å². The van der Waals surface area contributed by atoms with Gasteiger partial charge in [0.25, 0.3) is 5.92 Å². The molecule has 0 aliphatic heterocycles. The Hall–Kier alpha value is -3.41. The predicted molar refractivity (Wildman–Crippen MR) is 98.9 cm³/mol. The highest BCUT2D eigenvalue weighted by Crippen LogP contribution is 2.35. The summed E-state index contributed by atoms with van der Waals surface area (Å²) in [5.41, 5.74) is 2.26. The molecule has 0 amide bonds. The van der Waals surface area contributed by atoms with Gasteiger partial charge in [0.2, 0.25) is 5.88 Å². The molecule has 3 aromatic heterocycles. The SMILES string of the molecule is CC(F)(F)c1ccc(Oc2ncccc2-c2ccnc3ccccc23)cn1. The Morgan fingerprint density at radius 3 is 2.44 bits per heavy atom. The molecule has 4 rings (SSSR count). The number of ether oxygens (including phenoxy) is 1. The summed E-state index contributed by atoms with van der Waals surface area (Å²) >= 11 is 0. The van der Waals surface area contributed by atoms with Crippen molar-refractivity contribution < 1.29 is 13.5 Å². The average molecular weight is 363 g/mol. The lowest BCUT2D eigenvalue weighted by Crippen LogP contribution is -2.09. The number of alkyl halides is 2. The Balaban J connectivity index is 1.74. The van der Waals surface area contributed by atoms with Crippen LogP contribution in [0, 0.1) is 0 Å². The van der Waals surface area contributed by atoms with Gasteiger partial charge in [0, 0.05) is 30.3 Å². The van der Waals surface area contributed by atoms with Gasteiger partial charge in [0.05, 0.1) is 11.7 Å². The zero-order chi connectivity index (χ0) is 18.9. The summed E-state index contributed by atoms with van der Waals surface area (Å²) in [6.45, 7) is 0.807. The lowest BCUT2D eigenvalue weighted by molar-refractivity contribution is 0.0127. The highest BCUT2D eigenvalue weighted by molar-refractivity contribution is 5.95. The van der Waals surface area contributed by atoms with Crippen molar-refractivity contribution in [1.82, 2.24) is 15.0 Å². The van der Waals surface area contributed by atoms with E-state index in [0.717, 1.165) is 29.0 Å². The zero-order valence-electron chi connectivity index (χ0n) is 14.4. The van der Waals surface area contributed by atoms with Gasteiger partial charge >= 0.3 is 0 Å². The summed E-state index contributed by atoms with van der Waals surface area (Å²) in [4.78, 5) is 12.5. The molecular formula is C21H15F2N3O. The maximum Gasteiger partial charge on any atom is 0.286 e. The van der Waals surface area contributed by atoms with Gasteiger partial charge in [-0.1, -0.05) is 18.2 Å². The summed E-state index contributed by atoms with van der Waals surface area (Å²) in [5.74, 6) is -2.29. The molecule has 6 heteroatoms. The third-order valence-corrected chi connectivity index (χ3v) is 4.11. The minimum Gasteiger partial charge on any atom is -0.437 e. The Morgan fingerprint density at radius 1 is 0.815 bits per heavy atom. The van der Waals surface area contributed by atoms with E-state index in [0.29, 0.717) is 11.6 Å². The Bertz CT molecular complexity index is 1090. The molecule has 0 N–H and O–H groups in total. The Kier molecular flexibility index (Phi) is 4.24. The second-order valence-corrected chi connectivity index (χ2v) is 6.10. The number of hydrogen-bond acceptors (Lipinski definition) is 4. The maximum absolute atomic E-state index is 13.3. The highest BCUT2D eigenvalue weighted by atomic mass is 19.3. The van der Waals surface area contributed by atoms with Crippen LogP contribution in [0.15, 0.2) is 73.2 Å². The summed E-state index contributed by atoms with van der Waals surface area (Å²) in [7, 11) is 0. The van der Waals surface area contributed by atoms with Crippen molar-refractivity contribution in [2.45, 2.75) is 12.8 Å². The number of nitrogens with zero attached hydrogens (tertiary/aromatic N) is 3. The van der Waals surface area contributed by atoms with Gasteiger partial charge in [0.1, 0.15) is 11.4 Å². The topological polar surface area (TPSA) is 47.9 Å². The normalized spacial score (nSPS) is 11.5. The fourth-order valence-corrected chi connectivity index (χ4v) is 2.82. The van der Waals surface area contributed by atoms with Gasteiger partial charge in [-0.2, -0.15) is 8.78 Å². The number of hydrogen-bond donors (Lipinski definition) is 0. The Morgan fingerprint density at radius 2 is 1.67 bits per heavy atom. The van der Waals surface area contributed by atoms with Crippen LogP contribution in [0.2, 0.25) is 0 Å². The predicted octanol–water partition coefficient (Wildman–Crippen LogP) is 5.60. The molecule has 0 spiro atoms. The van der Waals surface area contributed by atoms with Crippen LogP contribution in [0.1, 0.15) is 12.6 Å². The second kappa shape index (κ2) is 6.72. The molecular weight excluding hydrogens is 348 g/mol. The number of para-hydroxylation sites is 1. The minimum absolute atomic E-state index is 0.309. The Labute approximate surface area is 154 Å². The van der Waals surface area contributed by atoms with Crippen molar-refractivity contribution in [2.24, 2.45) is 0 Å². The summed E-state index contributed by atoms with van der Waals surface area (Å²) in [6, 6.07) is 16.1. The molecule has 0 fully saturated rings. The van der Waals surface area contributed by atoms with Crippen LogP contribution in [0.4, 0.5) is 8.78 Å². The largest absolute Gasteiger partial charge is 0.437 e. The van der Waals surface area contributed by atoms with E-state index in [2.05, 4.69) is 15.0 Å². The lowest BCUT2D eigenvalue weighted by atomic mass is 10.0. The number of pyridine rings is 3. The quantitative estimate of drug-likeness (QED) is 0.474. The number of halogens is 2. The van der Waals surface area contributed by atoms with Gasteiger partial charge < -0.3 is 4.74 Å². The number of benzene rings is 1. The summed E-state index contributed by atoms with van der Waals surface area (Å²) in [5, 5.41) is 0.969. The molecule has 0 aliphatic carbocycles. The maximum atomic E-state index is 13.3. The van der Waals surface area contributed by atoms with E-state index in [-0.39, 0.29) is 5.69 Å². The molecule has 3 heterocycles. The van der Waals surface area contributed by atoms with Gasteiger partial charge in [-0.3, -0.25) is 9.97 Å². The van der Waals surface area contributed by atoms with Crippen molar-refractivity contribution >= 4 is 10.9 Å². The van der Waals surface area contributed by atoms with E-state index in [1.165, 1.54) is 18.3 Å². The fourth-order valence-electron chi connectivity index (χ4n) is 2.82. The van der Waals surface area contributed by atoms with E-state index in [4.69, 9.17) is 4.74 Å². The molecule has 0 saturated carbocycles. The van der Waals surface area contributed by atoms with E-state index < -0.39 is 5.92 Å². The third-order valence-electron chi connectivity index (χ3n) is 4.11. The number of rotatable bonds is 4. The van der Waals surface area contributed by atoms with Crippen LogP contribution in [0.25, 0.3) is 22.0 Å². The van der Waals surface area contributed by atoms with Crippen LogP contribution < -0.4 is 4.74 Å². The molecule has 0 atom stereocenters. The van der Waals surface area contributed by atoms with Crippen LogP contribution in [-0.4, -0.2) is 15.0 Å². The average Bonchev–Trinajstić information content (AvgIpc) is 2.68. The fraction of sp³-hybridized carbons (Fsp3) is 0.0952. The first kappa shape index (κ1) is 17.0.